The molecule has 3 nitrogen and oxygen atoms in total. The summed E-state index contributed by atoms with van der Waals surface area (Å²) in [7, 11) is 2.67. The van der Waals surface area contributed by atoms with E-state index < -0.39 is 0 Å². The average molecular weight is 226 g/mol. The van der Waals surface area contributed by atoms with E-state index in [4.69, 9.17) is 9.47 Å². The predicted molar refractivity (Wildman–Crippen MR) is 61.0 cm³/mol. The Kier molecular flexibility index (Phi) is 3.37. The lowest BCUT2D eigenvalue weighted by atomic mass is 10.1. The zero-order valence-corrected chi connectivity index (χ0v) is 9.74. The molecular formula is C11H15O3P. The molecule has 1 aromatic rings. The van der Waals surface area contributed by atoms with Crippen LogP contribution >= 0.6 is 9.24 Å². The Hall–Kier alpha value is -0.470. The smallest absolute Gasteiger partial charge is 0.156 e. The molecule has 0 amide bonds. The molecule has 2 rings (SSSR count). The Morgan fingerprint density at radius 1 is 1.33 bits per heavy atom. The first-order valence-electron chi connectivity index (χ1n) is 4.98. The van der Waals surface area contributed by atoms with Crippen LogP contribution in [-0.2, 0) is 9.47 Å². The number of ether oxygens (including phenoxy) is 2. The third-order valence-corrected chi connectivity index (χ3v) is 3.05. The molecule has 1 aliphatic rings. The summed E-state index contributed by atoms with van der Waals surface area (Å²) in [5.41, 5.74) is 1.06. The van der Waals surface area contributed by atoms with Crippen LogP contribution in [0.5, 0.6) is 0 Å². The fourth-order valence-electron chi connectivity index (χ4n) is 1.83. The van der Waals surface area contributed by atoms with E-state index in [1.165, 1.54) is 0 Å². The standard InChI is InChI=1S/C11H15O3P/c1-7-13-9(6-12)11(14-7)8-4-2-3-5-10(8)15/h2-5,7,9,11-12H,6,15H2,1H3. The fraction of sp³-hybridized carbons (Fsp3) is 0.455. The van der Waals surface area contributed by atoms with Crippen molar-refractivity contribution in [3.8, 4) is 0 Å². The van der Waals surface area contributed by atoms with Gasteiger partial charge in [0.05, 0.1) is 6.61 Å². The Balaban J connectivity index is 2.26. The largest absolute Gasteiger partial charge is 0.394 e. The summed E-state index contributed by atoms with van der Waals surface area (Å²) in [6.07, 6.45) is -0.683. The van der Waals surface area contributed by atoms with Crippen LogP contribution in [0.3, 0.4) is 0 Å². The summed E-state index contributed by atoms with van der Waals surface area (Å²) in [6, 6.07) is 7.93. The maximum absolute atomic E-state index is 9.19. The topological polar surface area (TPSA) is 38.7 Å². The SMILES string of the molecule is CC1OC(CO)C(c2ccccc2P)O1. The quantitative estimate of drug-likeness (QED) is 0.764. The van der Waals surface area contributed by atoms with Crippen molar-refractivity contribution >= 4 is 14.5 Å². The Bertz CT molecular complexity index is 342. The van der Waals surface area contributed by atoms with Crippen LogP contribution in [0.4, 0.5) is 0 Å². The molecule has 1 saturated heterocycles. The minimum Gasteiger partial charge on any atom is -0.394 e. The second kappa shape index (κ2) is 4.58. The monoisotopic (exact) mass is 226 g/mol. The van der Waals surface area contributed by atoms with Crippen molar-refractivity contribution in [1.82, 2.24) is 0 Å². The molecule has 0 aromatic heterocycles. The van der Waals surface area contributed by atoms with Gasteiger partial charge in [-0.25, -0.2) is 0 Å². The lowest BCUT2D eigenvalue weighted by Gasteiger charge is -2.16. The van der Waals surface area contributed by atoms with Gasteiger partial charge in [0.15, 0.2) is 6.29 Å². The van der Waals surface area contributed by atoms with Crippen molar-refractivity contribution in [2.75, 3.05) is 6.61 Å². The Labute approximate surface area is 91.6 Å². The fourth-order valence-corrected chi connectivity index (χ4v) is 2.20. The van der Waals surface area contributed by atoms with E-state index in [0.717, 1.165) is 10.9 Å². The van der Waals surface area contributed by atoms with E-state index in [1.54, 1.807) is 0 Å². The molecular weight excluding hydrogens is 211 g/mol. The first-order valence-corrected chi connectivity index (χ1v) is 5.56. The second-order valence-corrected chi connectivity index (χ2v) is 4.23. The minimum atomic E-state index is -0.262. The van der Waals surface area contributed by atoms with E-state index in [0.29, 0.717) is 0 Å². The van der Waals surface area contributed by atoms with Crippen LogP contribution in [-0.4, -0.2) is 24.1 Å². The number of hydrogen-bond acceptors (Lipinski definition) is 3. The van der Waals surface area contributed by atoms with Crippen LogP contribution in [0.15, 0.2) is 24.3 Å². The Morgan fingerprint density at radius 2 is 2.07 bits per heavy atom. The number of aliphatic hydroxyl groups is 1. The van der Waals surface area contributed by atoms with E-state index in [1.807, 2.05) is 31.2 Å². The zero-order chi connectivity index (χ0) is 10.8. The van der Waals surface area contributed by atoms with Gasteiger partial charge >= 0.3 is 0 Å². The molecule has 0 spiro atoms. The van der Waals surface area contributed by atoms with Crippen molar-refractivity contribution in [2.24, 2.45) is 0 Å². The summed E-state index contributed by atoms with van der Waals surface area (Å²) in [6.45, 7) is 1.82. The molecule has 4 heteroatoms. The maximum atomic E-state index is 9.19. The summed E-state index contributed by atoms with van der Waals surface area (Å²) >= 11 is 0. The van der Waals surface area contributed by atoms with Gasteiger partial charge in [-0.1, -0.05) is 24.3 Å². The van der Waals surface area contributed by atoms with Gasteiger partial charge in [-0.15, -0.1) is 9.24 Å². The molecule has 1 aromatic carbocycles. The highest BCUT2D eigenvalue weighted by molar-refractivity contribution is 7.27. The lowest BCUT2D eigenvalue weighted by Crippen LogP contribution is -2.22. The van der Waals surface area contributed by atoms with Crippen molar-refractivity contribution in [3.63, 3.8) is 0 Å². The van der Waals surface area contributed by atoms with E-state index in [2.05, 4.69) is 9.24 Å². The summed E-state index contributed by atoms with van der Waals surface area (Å²) in [5, 5.41) is 10.3. The third-order valence-electron chi connectivity index (χ3n) is 2.52. The summed E-state index contributed by atoms with van der Waals surface area (Å²) in [5.74, 6) is 0. The molecule has 0 saturated carbocycles. The number of aliphatic hydroxyl groups excluding tert-OH is 1. The summed E-state index contributed by atoms with van der Waals surface area (Å²) < 4.78 is 11.1. The van der Waals surface area contributed by atoms with Crippen molar-refractivity contribution in [1.29, 1.82) is 0 Å². The molecule has 0 bridgehead atoms. The van der Waals surface area contributed by atoms with Gasteiger partial charge in [0.1, 0.15) is 12.2 Å². The van der Waals surface area contributed by atoms with Gasteiger partial charge in [-0.2, -0.15) is 0 Å². The zero-order valence-electron chi connectivity index (χ0n) is 8.59. The van der Waals surface area contributed by atoms with Gasteiger partial charge in [0, 0.05) is 0 Å². The maximum Gasteiger partial charge on any atom is 0.156 e. The predicted octanol–water partition coefficient (Wildman–Crippen LogP) is 0.982. The Morgan fingerprint density at radius 3 is 2.73 bits per heavy atom. The van der Waals surface area contributed by atoms with Gasteiger partial charge in [0.2, 0.25) is 0 Å². The van der Waals surface area contributed by atoms with Gasteiger partial charge in [-0.05, 0) is 17.8 Å². The van der Waals surface area contributed by atoms with Crippen LogP contribution < -0.4 is 5.30 Å². The van der Waals surface area contributed by atoms with Crippen molar-refractivity contribution in [3.05, 3.63) is 29.8 Å². The highest BCUT2D eigenvalue weighted by Crippen LogP contribution is 2.31. The molecule has 1 fully saturated rings. The number of benzene rings is 1. The normalized spacial score (nSPS) is 30.7. The summed E-state index contributed by atoms with van der Waals surface area (Å²) in [4.78, 5) is 0. The molecule has 4 unspecified atom stereocenters. The molecule has 0 radical (unpaired) electrons. The molecule has 82 valence electrons. The van der Waals surface area contributed by atoms with Gasteiger partial charge in [0.25, 0.3) is 0 Å². The number of hydrogen-bond donors (Lipinski definition) is 1. The third kappa shape index (κ3) is 2.21. The highest BCUT2D eigenvalue weighted by atomic mass is 31.0. The van der Waals surface area contributed by atoms with E-state index in [-0.39, 0.29) is 25.1 Å². The molecule has 15 heavy (non-hydrogen) atoms. The molecule has 1 heterocycles. The molecule has 1 aliphatic heterocycles. The van der Waals surface area contributed by atoms with Crippen molar-refractivity contribution in [2.45, 2.75) is 25.4 Å². The van der Waals surface area contributed by atoms with Crippen LogP contribution in [0.2, 0.25) is 0 Å². The second-order valence-electron chi connectivity index (χ2n) is 3.61. The van der Waals surface area contributed by atoms with Crippen molar-refractivity contribution < 1.29 is 14.6 Å². The minimum absolute atomic E-state index is 0.0198. The van der Waals surface area contributed by atoms with Crippen LogP contribution in [0, 0.1) is 0 Å². The molecule has 4 atom stereocenters. The van der Waals surface area contributed by atoms with Gasteiger partial charge in [-0.3, -0.25) is 0 Å². The number of rotatable bonds is 2. The first-order chi connectivity index (χ1) is 7.22. The molecule has 0 aliphatic carbocycles. The molecule has 1 N–H and O–H groups in total. The van der Waals surface area contributed by atoms with Crippen LogP contribution in [0.1, 0.15) is 18.6 Å². The highest BCUT2D eigenvalue weighted by Gasteiger charge is 2.35. The van der Waals surface area contributed by atoms with Gasteiger partial charge < -0.3 is 14.6 Å². The average Bonchev–Trinajstić information content (AvgIpc) is 2.60. The lowest BCUT2D eigenvalue weighted by molar-refractivity contribution is -0.0563. The van der Waals surface area contributed by atoms with E-state index >= 15 is 0 Å². The van der Waals surface area contributed by atoms with E-state index in [9.17, 15) is 5.11 Å². The van der Waals surface area contributed by atoms with Crippen LogP contribution in [0.25, 0.3) is 0 Å². The first kappa shape index (κ1) is 11.0.